The molecular formula is C11H14N2O2. The zero-order valence-electron chi connectivity index (χ0n) is 8.83. The van der Waals surface area contributed by atoms with Crippen molar-refractivity contribution in [1.82, 2.24) is 0 Å². The Morgan fingerprint density at radius 3 is 2.60 bits per heavy atom. The molecule has 0 heterocycles. The van der Waals surface area contributed by atoms with Crippen LogP contribution >= 0.6 is 0 Å². The molecule has 0 fully saturated rings. The number of carbonyl (C=O) groups excluding carboxylic acids is 2. The lowest BCUT2D eigenvalue weighted by atomic mass is 10.0. The first-order chi connectivity index (χ1) is 6.99. The summed E-state index contributed by atoms with van der Waals surface area (Å²) in [5, 5.41) is 2.65. The maximum atomic E-state index is 10.8. The quantitative estimate of drug-likeness (QED) is 0.773. The third-order valence-electron chi connectivity index (χ3n) is 2.03. The molecule has 2 amide bonds. The van der Waals surface area contributed by atoms with E-state index in [1.54, 1.807) is 12.1 Å². The fourth-order valence-electron chi connectivity index (χ4n) is 1.33. The number of benzene rings is 1. The number of nitrogens with one attached hydrogen (secondary N) is 1. The predicted molar refractivity (Wildman–Crippen MR) is 58.4 cm³/mol. The minimum absolute atomic E-state index is 0.135. The van der Waals surface area contributed by atoms with Gasteiger partial charge in [-0.2, -0.15) is 0 Å². The van der Waals surface area contributed by atoms with E-state index in [4.69, 9.17) is 5.73 Å². The molecule has 1 aromatic rings. The van der Waals surface area contributed by atoms with Crippen molar-refractivity contribution in [2.24, 2.45) is 5.73 Å². The summed E-state index contributed by atoms with van der Waals surface area (Å²) in [5.41, 5.74) is 7.63. The average molecular weight is 206 g/mol. The minimum atomic E-state index is -0.377. The van der Waals surface area contributed by atoms with E-state index in [1.165, 1.54) is 6.92 Å². The van der Waals surface area contributed by atoms with Crippen molar-refractivity contribution in [3.63, 3.8) is 0 Å². The minimum Gasteiger partial charge on any atom is -0.369 e. The van der Waals surface area contributed by atoms with E-state index >= 15 is 0 Å². The largest absolute Gasteiger partial charge is 0.369 e. The molecule has 15 heavy (non-hydrogen) atoms. The molecule has 80 valence electrons. The molecule has 1 rings (SSSR count). The van der Waals surface area contributed by atoms with Crippen molar-refractivity contribution in [1.29, 1.82) is 0 Å². The molecule has 0 spiro atoms. The molecule has 0 aliphatic heterocycles. The summed E-state index contributed by atoms with van der Waals surface area (Å²) in [4.78, 5) is 21.6. The fourth-order valence-corrected chi connectivity index (χ4v) is 1.33. The molecular weight excluding hydrogens is 192 g/mol. The third kappa shape index (κ3) is 3.42. The van der Waals surface area contributed by atoms with Gasteiger partial charge < -0.3 is 11.1 Å². The summed E-state index contributed by atoms with van der Waals surface area (Å²) in [6.07, 6.45) is 0.194. The smallest absolute Gasteiger partial charge is 0.221 e. The van der Waals surface area contributed by atoms with Gasteiger partial charge in [0.15, 0.2) is 0 Å². The van der Waals surface area contributed by atoms with Crippen LogP contribution in [0, 0.1) is 6.92 Å². The van der Waals surface area contributed by atoms with E-state index in [2.05, 4.69) is 5.32 Å². The molecule has 0 aliphatic rings. The highest BCUT2D eigenvalue weighted by Crippen LogP contribution is 2.15. The first kappa shape index (κ1) is 11.2. The lowest BCUT2D eigenvalue weighted by Gasteiger charge is -2.07. The standard InChI is InChI=1S/C11H14N2O2/c1-7-3-4-10(13-8(2)14)5-9(7)6-11(12)15/h3-5H,6H2,1-2H3,(H2,12,15)(H,13,14). The van der Waals surface area contributed by atoms with Gasteiger partial charge in [-0.05, 0) is 30.2 Å². The van der Waals surface area contributed by atoms with Gasteiger partial charge in [0, 0.05) is 12.6 Å². The molecule has 0 unspecified atom stereocenters. The van der Waals surface area contributed by atoms with Gasteiger partial charge in [0.1, 0.15) is 0 Å². The Bertz CT molecular complexity index is 400. The van der Waals surface area contributed by atoms with Gasteiger partial charge in [0.2, 0.25) is 11.8 Å². The summed E-state index contributed by atoms with van der Waals surface area (Å²) < 4.78 is 0. The van der Waals surface area contributed by atoms with Crippen LogP contribution < -0.4 is 11.1 Å². The predicted octanol–water partition coefficient (Wildman–Crippen LogP) is 0.981. The number of amides is 2. The number of primary amides is 1. The van der Waals surface area contributed by atoms with Crippen molar-refractivity contribution < 1.29 is 9.59 Å². The summed E-state index contributed by atoms with van der Waals surface area (Å²) in [5.74, 6) is -0.512. The van der Waals surface area contributed by atoms with Crippen molar-refractivity contribution in [3.05, 3.63) is 29.3 Å². The summed E-state index contributed by atoms with van der Waals surface area (Å²) >= 11 is 0. The highest BCUT2D eigenvalue weighted by Gasteiger charge is 2.04. The lowest BCUT2D eigenvalue weighted by molar-refractivity contribution is -0.117. The highest BCUT2D eigenvalue weighted by atomic mass is 16.1. The molecule has 0 radical (unpaired) electrons. The Morgan fingerprint density at radius 1 is 1.40 bits per heavy atom. The second-order valence-electron chi connectivity index (χ2n) is 3.47. The number of hydrogen-bond acceptors (Lipinski definition) is 2. The van der Waals surface area contributed by atoms with Crippen LogP contribution in [0.1, 0.15) is 18.1 Å². The number of anilines is 1. The molecule has 0 saturated carbocycles. The molecule has 0 saturated heterocycles. The first-order valence-corrected chi connectivity index (χ1v) is 4.64. The Labute approximate surface area is 88.5 Å². The second kappa shape index (κ2) is 4.59. The van der Waals surface area contributed by atoms with Crippen LogP contribution in [0.2, 0.25) is 0 Å². The van der Waals surface area contributed by atoms with Gasteiger partial charge >= 0.3 is 0 Å². The van der Waals surface area contributed by atoms with Gasteiger partial charge in [-0.25, -0.2) is 0 Å². The first-order valence-electron chi connectivity index (χ1n) is 4.64. The summed E-state index contributed by atoms with van der Waals surface area (Å²) in [6.45, 7) is 3.34. The number of carbonyl (C=O) groups is 2. The topological polar surface area (TPSA) is 72.2 Å². The van der Waals surface area contributed by atoms with Crippen LogP contribution in [0.4, 0.5) is 5.69 Å². The Hall–Kier alpha value is -1.84. The molecule has 4 nitrogen and oxygen atoms in total. The van der Waals surface area contributed by atoms with Gasteiger partial charge in [-0.3, -0.25) is 9.59 Å². The zero-order valence-corrected chi connectivity index (χ0v) is 8.83. The van der Waals surface area contributed by atoms with E-state index in [1.807, 2.05) is 13.0 Å². The fraction of sp³-hybridized carbons (Fsp3) is 0.273. The second-order valence-corrected chi connectivity index (χ2v) is 3.47. The Balaban J connectivity index is 2.94. The van der Waals surface area contributed by atoms with Crippen LogP contribution in [0.25, 0.3) is 0 Å². The van der Waals surface area contributed by atoms with E-state index in [-0.39, 0.29) is 18.2 Å². The van der Waals surface area contributed by atoms with Crippen molar-refractivity contribution in [2.75, 3.05) is 5.32 Å². The summed E-state index contributed by atoms with van der Waals surface area (Å²) in [6, 6.07) is 5.41. The Kier molecular flexibility index (Phi) is 3.44. The molecule has 4 heteroatoms. The molecule has 3 N–H and O–H groups in total. The summed E-state index contributed by atoms with van der Waals surface area (Å²) in [7, 11) is 0. The maximum Gasteiger partial charge on any atom is 0.221 e. The SMILES string of the molecule is CC(=O)Nc1ccc(C)c(CC(N)=O)c1. The maximum absolute atomic E-state index is 10.8. The molecule has 0 aromatic heterocycles. The van der Waals surface area contributed by atoms with E-state index < -0.39 is 0 Å². The van der Waals surface area contributed by atoms with Crippen molar-refractivity contribution >= 4 is 17.5 Å². The lowest BCUT2D eigenvalue weighted by Crippen LogP contribution is -2.15. The van der Waals surface area contributed by atoms with Crippen LogP contribution in [-0.4, -0.2) is 11.8 Å². The Morgan fingerprint density at radius 2 is 2.07 bits per heavy atom. The van der Waals surface area contributed by atoms with Crippen LogP contribution in [0.15, 0.2) is 18.2 Å². The zero-order chi connectivity index (χ0) is 11.4. The number of hydrogen-bond donors (Lipinski definition) is 2. The van der Waals surface area contributed by atoms with Gasteiger partial charge in [-0.15, -0.1) is 0 Å². The van der Waals surface area contributed by atoms with E-state index in [9.17, 15) is 9.59 Å². The van der Waals surface area contributed by atoms with Crippen molar-refractivity contribution in [2.45, 2.75) is 20.3 Å². The van der Waals surface area contributed by atoms with E-state index in [0.717, 1.165) is 11.1 Å². The van der Waals surface area contributed by atoms with Gasteiger partial charge in [0.25, 0.3) is 0 Å². The average Bonchev–Trinajstić information content (AvgIpc) is 2.09. The van der Waals surface area contributed by atoms with Crippen LogP contribution in [-0.2, 0) is 16.0 Å². The third-order valence-corrected chi connectivity index (χ3v) is 2.03. The number of nitrogens with two attached hydrogens (primary N) is 1. The normalized spacial score (nSPS) is 9.73. The molecule has 1 aromatic carbocycles. The van der Waals surface area contributed by atoms with Gasteiger partial charge in [0.05, 0.1) is 6.42 Å². The van der Waals surface area contributed by atoms with Crippen LogP contribution in [0.3, 0.4) is 0 Å². The number of rotatable bonds is 3. The molecule has 0 aliphatic carbocycles. The molecule has 0 atom stereocenters. The van der Waals surface area contributed by atoms with Gasteiger partial charge in [-0.1, -0.05) is 6.07 Å². The van der Waals surface area contributed by atoms with Crippen molar-refractivity contribution in [3.8, 4) is 0 Å². The monoisotopic (exact) mass is 206 g/mol. The number of aryl methyl sites for hydroxylation is 1. The highest BCUT2D eigenvalue weighted by molar-refractivity contribution is 5.89. The van der Waals surface area contributed by atoms with E-state index in [0.29, 0.717) is 5.69 Å². The van der Waals surface area contributed by atoms with Crippen LogP contribution in [0.5, 0.6) is 0 Å². The molecule has 0 bridgehead atoms.